The Bertz CT molecular complexity index is 969. The molecule has 332 valence electrons. The number of allylic oxidation sites excluding steroid dienone is 6. The molecule has 0 bridgehead atoms. The fraction of sp³-hybridized carbons (Fsp3) is 0.824. The average Bonchev–Trinajstić information content (AvgIpc) is 3.21. The predicted molar refractivity (Wildman–Crippen MR) is 242 cm³/mol. The van der Waals surface area contributed by atoms with Crippen LogP contribution in [0, 0.1) is 0 Å². The summed E-state index contributed by atoms with van der Waals surface area (Å²) < 4.78 is 16.7. The van der Waals surface area contributed by atoms with Crippen LogP contribution in [-0.2, 0) is 28.6 Å². The normalized spacial score (nSPS) is 12.3. The van der Waals surface area contributed by atoms with Crippen molar-refractivity contribution in [2.75, 3.05) is 13.2 Å². The average molecular weight is 801 g/mol. The minimum atomic E-state index is -0.783. The van der Waals surface area contributed by atoms with Crippen LogP contribution in [0.4, 0.5) is 0 Å². The van der Waals surface area contributed by atoms with Gasteiger partial charge in [-0.25, -0.2) is 0 Å². The monoisotopic (exact) mass is 801 g/mol. The molecule has 0 aromatic carbocycles. The van der Waals surface area contributed by atoms with Crippen LogP contribution in [0.5, 0.6) is 0 Å². The molecule has 0 radical (unpaired) electrons. The smallest absolute Gasteiger partial charge is 0.306 e. The van der Waals surface area contributed by atoms with E-state index in [9.17, 15) is 14.4 Å². The third kappa shape index (κ3) is 44.6. The highest BCUT2D eigenvalue weighted by molar-refractivity contribution is 5.71. The number of hydrogen-bond acceptors (Lipinski definition) is 6. The Morgan fingerprint density at radius 2 is 0.649 bits per heavy atom. The molecule has 6 heteroatoms. The van der Waals surface area contributed by atoms with Gasteiger partial charge >= 0.3 is 17.9 Å². The Morgan fingerprint density at radius 3 is 1.05 bits per heavy atom. The zero-order chi connectivity index (χ0) is 41.5. The second kappa shape index (κ2) is 46.3. The summed E-state index contributed by atoms with van der Waals surface area (Å²) in [4.78, 5) is 37.7. The van der Waals surface area contributed by atoms with Gasteiger partial charge in [0.15, 0.2) is 6.10 Å². The molecule has 0 heterocycles. The van der Waals surface area contributed by atoms with Gasteiger partial charge in [-0.2, -0.15) is 0 Å². The summed E-state index contributed by atoms with van der Waals surface area (Å²) in [6.07, 6.45) is 52.8. The zero-order valence-corrected chi connectivity index (χ0v) is 37.9. The van der Waals surface area contributed by atoms with E-state index in [4.69, 9.17) is 14.2 Å². The van der Waals surface area contributed by atoms with Gasteiger partial charge in [0.25, 0.3) is 0 Å². The zero-order valence-electron chi connectivity index (χ0n) is 37.9. The Hall–Kier alpha value is -2.37. The summed E-state index contributed by atoms with van der Waals surface area (Å²) in [5, 5.41) is 0. The van der Waals surface area contributed by atoms with Gasteiger partial charge in [-0.3, -0.25) is 14.4 Å². The molecule has 0 aromatic rings. The summed E-state index contributed by atoms with van der Waals surface area (Å²) in [6.45, 7) is 6.55. The molecule has 0 aliphatic carbocycles. The Kier molecular flexibility index (Phi) is 44.4. The minimum Gasteiger partial charge on any atom is -0.462 e. The summed E-state index contributed by atoms with van der Waals surface area (Å²) in [7, 11) is 0. The first-order valence-electron chi connectivity index (χ1n) is 24.5. The highest BCUT2D eigenvalue weighted by Gasteiger charge is 2.19. The summed E-state index contributed by atoms with van der Waals surface area (Å²) in [6, 6.07) is 0. The van der Waals surface area contributed by atoms with Gasteiger partial charge < -0.3 is 14.2 Å². The van der Waals surface area contributed by atoms with Crippen molar-refractivity contribution in [2.45, 2.75) is 258 Å². The SMILES string of the molecule is CCCC/C=C\C=C/CCCCCC(=O)OC(COC(=O)CCCCCCC/C=C\CCCCCCCCCCC)COC(=O)CCCCCCCCCCCC. The first-order chi connectivity index (χ1) is 28.0. The van der Waals surface area contributed by atoms with Crippen molar-refractivity contribution in [3.05, 3.63) is 36.5 Å². The van der Waals surface area contributed by atoms with Crippen molar-refractivity contribution in [1.82, 2.24) is 0 Å². The molecule has 0 saturated heterocycles. The van der Waals surface area contributed by atoms with E-state index in [1.165, 1.54) is 135 Å². The molecule has 0 spiro atoms. The van der Waals surface area contributed by atoms with E-state index >= 15 is 0 Å². The van der Waals surface area contributed by atoms with Gasteiger partial charge in [0, 0.05) is 19.3 Å². The molecular formula is C51H92O6. The second-order valence-electron chi connectivity index (χ2n) is 16.4. The number of carbonyl (C=O) groups is 3. The first kappa shape index (κ1) is 54.6. The Balaban J connectivity index is 4.32. The predicted octanol–water partition coefficient (Wildman–Crippen LogP) is 15.8. The highest BCUT2D eigenvalue weighted by atomic mass is 16.6. The lowest BCUT2D eigenvalue weighted by atomic mass is 10.1. The first-order valence-corrected chi connectivity index (χ1v) is 24.5. The fourth-order valence-electron chi connectivity index (χ4n) is 6.88. The molecule has 0 saturated carbocycles. The van der Waals surface area contributed by atoms with Crippen molar-refractivity contribution in [3.8, 4) is 0 Å². The number of esters is 3. The van der Waals surface area contributed by atoms with Crippen LogP contribution in [0.2, 0.25) is 0 Å². The standard InChI is InChI=1S/C51H92O6/c1-4-7-10-13-16-19-22-23-24-25-26-27-28-30-32-35-38-41-44-50(53)56-47-48(46-55-49(52)43-40-37-34-31-21-18-15-12-9-6-3)57-51(54)45-42-39-36-33-29-20-17-14-11-8-5-2/h14,17,20,26-27,29,48H,4-13,15-16,18-19,21-25,28,30-47H2,1-3H3/b17-14-,27-26-,29-20-. The maximum atomic E-state index is 12.7. The van der Waals surface area contributed by atoms with Gasteiger partial charge in [0.05, 0.1) is 0 Å². The number of rotatable bonds is 44. The molecule has 0 aromatic heterocycles. The third-order valence-corrected chi connectivity index (χ3v) is 10.6. The van der Waals surface area contributed by atoms with Crippen LogP contribution in [0.3, 0.4) is 0 Å². The quantitative estimate of drug-likeness (QED) is 0.0201. The van der Waals surface area contributed by atoms with Gasteiger partial charge in [0.2, 0.25) is 0 Å². The van der Waals surface area contributed by atoms with Crippen LogP contribution >= 0.6 is 0 Å². The number of ether oxygens (including phenoxy) is 3. The van der Waals surface area contributed by atoms with Crippen LogP contribution in [-0.4, -0.2) is 37.2 Å². The van der Waals surface area contributed by atoms with Crippen molar-refractivity contribution >= 4 is 17.9 Å². The molecule has 0 fully saturated rings. The lowest BCUT2D eigenvalue weighted by molar-refractivity contribution is -0.167. The van der Waals surface area contributed by atoms with Crippen molar-refractivity contribution < 1.29 is 28.6 Å². The third-order valence-electron chi connectivity index (χ3n) is 10.6. The van der Waals surface area contributed by atoms with E-state index in [-0.39, 0.29) is 31.1 Å². The van der Waals surface area contributed by atoms with E-state index in [0.29, 0.717) is 19.3 Å². The van der Waals surface area contributed by atoms with Crippen LogP contribution in [0.15, 0.2) is 36.5 Å². The molecule has 6 nitrogen and oxygen atoms in total. The second-order valence-corrected chi connectivity index (χ2v) is 16.4. The van der Waals surface area contributed by atoms with E-state index in [2.05, 4.69) is 57.2 Å². The van der Waals surface area contributed by atoms with Crippen LogP contribution in [0.1, 0.15) is 252 Å². The Labute approximate surface area is 353 Å². The van der Waals surface area contributed by atoms with Crippen molar-refractivity contribution in [3.63, 3.8) is 0 Å². The summed E-state index contributed by atoms with van der Waals surface area (Å²) in [5.41, 5.74) is 0. The molecule has 0 amide bonds. The maximum Gasteiger partial charge on any atom is 0.306 e. The van der Waals surface area contributed by atoms with Gasteiger partial charge in [-0.15, -0.1) is 0 Å². The van der Waals surface area contributed by atoms with Crippen LogP contribution in [0.25, 0.3) is 0 Å². The molecule has 1 atom stereocenters. The number of carbonyl (C=O) groups excluding carboxylic acids is 3. The minimum absolute atomic E-state index is 0.0835. The topological polar surface area (TPSA) is 78.9 Å². The summed E-state index contributed by atoms with van der Waals surface area (Å²) in [5.74, 6) is -0.917. The van der Waals surface area contributed by atoms with E-state index in [1.54, 1.807) is 0 Å². The Morgan fingerprint density at radius 1 is 0.351 bits per heavy atom. The molecule has 1 unspecified atom stereocenters. The van der Waals surface area contributed by atoms with Crippen LogP contribution < -0.4 is 0 Å². The molecule has 0 rings (SSSR count). The van der Waals surface area contributed by atoms with E-state index < -0.39 is 6.10 Å². The lowest BCUT2D eigenvalue weighted by Gasteiger charge is -2.18. The fourth-order valence-corrected chi connectivity index (χ4v) is 6.88. The number of unbranched alkanes of at least 4 members (excludes halogenated alkanes) is 28. The molecule has 57 heavy (non-hydrogen) atoms. The van der Waals surface area contributed by atoms with Gasteiger partial charge in [-0.1, -0.05) is 205 Å². The maximum absolute atomic E-state index is 12.7. The van der Waals surface area contributed by atoms with Crippen molar-refractivity contribution in [2.24, 2.45) is 0 Å². The number of hydrogen-bond donors (Lipinski definition) is 0. The lowest BCUT2D eigenvalue weighted by Crippen LogP contribution is -2.30. The summed E-state index contributed by atoms with van der Waals surface area (Å²) >= 11 is 0. The molecule has 0 aliphatic rings. The van der Waals surface area contributed by atoms with Crippen molar-refractivity contribution in [1.29, 1.82) is 0 Å². The molecule has 0 aliphatic heterocycles. The largest absolute Gasteiger partial charge is 0.462 e. The molecular weight excluding hydrogens is 709 g/mol. The van der Waals surface area contributed by atoms with E-state index in [0.717, 1.165) is 77.0 Å². The highest BCUT2D eigenvalue weighted by Crippen LogP contribution is 2.14. The van der Waals surface area contributed by atoms with Gasteiger partial charge in [-0.05, 0) is 64.2 Å². The molecule has 0 N–H and O–H groups in total. The van der Waals surface area contributed by atoms with E-state index in [1.807, 2.05) is 0 Å². The van der Waals surface area contributed by atoms with Gasteiger partial charge in [0.1, 0.15) is 13.2 Å².